The van der Waals surface area contributed by atoms with Crippen LogP contribution >= 0.6 is 0 Å². The predicted octanol–water partition coefficient (Wildman–Crippen LogP) is 0.660. The number of nitrogens with zero attached hydrogens (tertiary/aromatic N) is 4. The van der Waals surface area contributed by atoms with Gasteiger partial charge in [-0.1, -0.05) is 0 Å². The predicted molar refractivity (Wildman–Crippen MR) is 76.2 cm³/mol. The summed E-state index contributed by atoms with van der Waals surface area (Å²) in [5.41, 5.74) is 0.805. The first-order valence-corrected chi connectivity index (χ1v) is 6.99. The molecule has 20 heavy (non-hydrogen) atoms. The van der Waals surface area contributed by atoms with E-state index in [-0.39, 0.29) is 5.91 Å². The van der Waals surface area contributed by atoms with Crippen LogP contribution in [-0.2, 0) is 16.6 Å². The van der Waals surface area contributed by atoms with Gasteiger partial charge in [-0.3, -0.25) is 9.48 Å². The Morgan fingerprint density at radius 2 is 2.10 bits per heavy atom. The third-order valence-corrected chi connectivity index (χ3v) is 4.07. The highest BCUT2D eigenvalue weighted by atomic mass is 16.5. The molecule has 112 valence electrons. The molecule has 1 amide bonds. The Hall–Kier alpha value is -1.40. The summed E-state index contributed by atoms with van der Waals surface area (Å²) < 4.78 is 7.07. The van der Waals surface area contributed by atoms with Crippen molar-refractivity contribution in [2.24, 2.45) is 7.05 Å². The number of ether oxygens (including phenoxy) is 1. The molecule has 1 aromatic heterocycles. The Kier molecular flexibility index (Phi) is 4.77. The summed E-state index contributed by atoms with van der Waals surface area (Å²) in [4.78, 5) is 16.8. The molecule has 6 nitrogen and oxygen atoms in total. The monoisotopic (exact) mass is 280 g/mol. The maximum atomic E-state index is 12.6. The van der Waals surface area contributed by atoms with Crippen LogP contribution in [0.2, 0.25) is 0 Å². The summed E-state index contributed by atoms with van der Waals surface area (Å²) >= 11 is 0. The number of carbonyl (C=O) groups is 1. The Bertz CT molecular complexity index is 452. The van der Waals surface area contributed by atoms with Gasteiger partial charge in [0.15, 0.2) is 6.10 Å². The maximum Gasteiger partial charge on any atom is 0.256 e. The minimum absolute atomic E-state index is 0.00931. The average molecular weight is 280 g/mol. The molecule has 1 fully saturated rings. The summed E-state index contributed by atoms with van der Waals surface area (Å²) in [6.45, 7) is 2.07. The molecule has 1 atom stereocenters. The Morgan fingerprint density at radius 3 is 2.60 bits per heavy atom. The van der Waals surface area contributed by atoms with E-state index >= 15 is 0 Å². The SMILES string of the molecule is COC(C(=O)N(C)C1CCN(C)CC1)c1cnn(C)c1. The van der Waals surface area contributed by atoms with Crippen LogP contribution in [0.25, 0.3) is 0 Å². The van der Waals surface area contributed by atoms with Crippen molar-refractivity contribution in [1.29, 1.82) is 0 Å². The fraction of sp³-hybridized carbons (Fsp3) is 0.714. The third-order valence-electron chi connectivity index (χ3n) is 4.07. The van der Waals surface area contributed by atoms with Crippen LogP contribution in [0.4, 0.5) is 0 Å². The van der Waals surface area contributed by atoms with Crippen LogP contribution in [-0.4, -0.2) is 65.8 Å². The number of carbonyl (C=O) groups excluding carboxylic acids is 1. The minimum atomic E-state index is -0.562. The lowest BCUT2D eigenvalue weighted by atomic mass is 10.0. The second kappa shape index (κ2) is 6.37. The normalized spacial score (nSPS) is 19.0. The molecule has 1 aliphatic heterocycles. The molecule has 0 aromatic carbocycles. The first-order chi connectivity index (χ1) is 9.52. The number of amides is 1. The van der Waals surface area contributed by atoms with E-state index in [1.54, 1.807) is 18.0 Å². The number of likely N-dealkylation sites (N-methyl/N-ethyl adjacent to an activating group) is 1. The largest absolute Gasteiger partial charge is 0.367 e. The quantitative estimate of drug-likeness (QED) is 0.813. The van der Waals surface area contributed by atoms with Crippen molar-refractivity contribution in [2.75, 3.05) is 34.3 Å². The van der Waals surface area contributed by atoms with E-state index in [9.17, 15) is 4.79 Å². The van der Waals surface area contributed by atoms with E-state index in [2.05, 4.69) is 17.0 Å². The highest BCUT2D eigenvalue weighted by Crippen LogP contribution is 2.22. The molecule has 0 bridgehead atoms. The van der Waals surface area contributed by atoms with Crippen LogP contribution in [0.15, 0.2) is 12.4 Å². The van der Waals surface area contributed by atoms with Gasteiger partial charge in [-0.2, -0.15) is 5.10 Å². The zero-order valence-corrected chi connectivity index (χ0v) is 12.7. The van der Waals surface area contributed by atoms with Gasteiger partial charge in [0.05, 0.1) is 6.20 Å². The fourth-order valence-electron chi connectivity index (χ4n) is 2.70. The summed E-state index contributed by atoms with van der Waals surface area (Å²) in [6.07, 6.45) is 4.99. The van der Waals surface area contributed by atoms with Crippen molar-refractivity contribution >= 4 is 5.91 Å². The average Bonchev–Trinajstić information content (AvgIpc) is 2.86. The molecule has 0 N–H and O–H groups in total. The van der Waals surface area contributed by atoms with Crippen molar-refractivity contribution < 1.29 is 9.53 Å². The number of likely N-dealkylation sites (tertiary alicyclic amines) is 1. The molecule has 1 aliphatic rings. The van der Waals surface area contributed by atoms with Crippen molar-refractivity contribution in [3.8, 4) is 0 Å². The highest BCUT2D eigenvalue weighted by molar-refractivity contribution is 5.82. The molecule has 0 aliphatic carbocycles. The number of rotatable bonds is 4. The van der Waals surface area contributed by atoms with E-state index in [1.165, 1.54) is 0 Å². The summed E-state index contributed by atoms with van der Waals surface area (Å²) in [6, 6.07) is 0.299. The second-order valence-corrected chi connectivity index (χ2v) is 5.55. The van der Waals surface area contributed by atoms with Crippen LogP contribution in [0.1, 0.15) is 24.5 Å². The molecule has 6 heteroatoms. The molecular formula is C14H24N4O2. The standard InChI is InChI=1S/C14H24N4O2/c1-16-7-5-12(6-8-16)18(3)14(19)13(20-4)11-9-15-17(2)10-11/h9-10,12-13H,5-8H2,1-4H3. The van der Waals surface area contributed by atoms with E-state index in [4.69, 9.17) is 4.74 Å². The molecule has 0 saturated carbocycles. The number of aromatic nitrogens is 2. The van der Waals surface area contributed by atoms with Gasteiger partial charge in [0, 0.05) is 39.0 Å². The highest BCUT2D eigenvalue weighted by Gasteiger charge is 2.30. The Labute approximate surface area is 120 Å². The second-order valence-electron chi connectivity index (χ2n) is 5.55. The number of aryl methyl sites for hydroxylation is 1. The molecule has 1 saturated heterocycles. The van der Waals surface area contributed by atoms with E-state index in [0.29, 0.717) is 6.04 Å². The lowest BCUT2D eigenvalue weighted by molar-refractivity contribution is -0.144. The van der Waals surface area contributed by atoms with Gasteiger partial charge in [0.1, 0.15) is 0 Å². The zero-order chi connectivity index (χ0) is 14.7. The van der Waals surface area contributed by atoms with Gasteiger partial charge in [-0.05, 0) is 33.0 Å². The molecule has 2 rings (SSSR count). The van der Waals surface area contributed by atoms with Crippen LogP contribution in [0, 0.1) is 0 Å². The van der Waals surface area contributed by atoms with Crippen LogP contribution < -0.4 is 0 Å². The molecule has 1 aromatic rings. The van der Waals surface area contributed by atoms with Gasteiger partial charge in [-0.25, -0.2) is 0 Å². The molecule has 1 unspecified atom stereocenters. The number of methoxy groups -OCH3 is 1. The Balaban J connectivity index is 2.04. The molecule has 0 spiro atoms. The van der Waals surface area contributed by atoms with Crippen LogP contribution in [0.5, 0.6) is 0 Å². The van der Waals surface area contributed by atoms with Crippen molar-refractivity contribution in [3.05, 3.63) is 18.0 Å². The van der Waals surface area contributed by atoms with Crippen molar-refractivity contribution in [2.45, 2.75) is 25.0 Å². The lowest BCUT2D eigenvalue weighted by Crippen LogP contribution is -2.46. The first kappa shape index (κ1) is 15.0. The topological polar surface area (TPSA) is 50.6 Å². The molecular weight excluding hydrogens is 256 g/mol. The molecule has 2 heterocycles. The minimum Gasteiger partial charge on any atom is -0.367 e. The van der Waals surface area contributed by atoms with Crippen molar-refractivity contribution in [1.82, 2.24) is 19.6 Å². The van der Waals surface area contributed by atoms with E-state index in [0.717, 1.165) is 31.5 Å². The van der Waals surface area contributed by atoms with E-state index in [1.807, 2.05) is 25.2 Å². The van der Waals surface area contributed by atoms with Gasteiger partial charge in [-0.15, -0.1) is 0 Å². The summed E-state index contributed by atoms with van der Waals surface area (Å²) in [5.74, 6) is 0.00931. The lowest BCUT2D eigenvalue weighted by Gasteiger charge is -2.36. The van der Waals surface area contributed by atoms with Gasteiger partial charge < -0.3 is 14.5 Å². The first-order valence-electron chi connectivity index (χ1n) is 6.99. The number of piperidine rings is 1. The number of hydrogen-bond donors (Lipinski definition) is 0. The van der Waals surface area contributed by atoms with Gasteiger partial charge in [0.2, 0.25) is 0 Å². The Morgan fingerprint density at radius 1 is 1.45 bits per heavy atom. The fourth-order valence-corrected chi connectivity index (χ4v) is 2.70. The smallest absolute Gasteiger partial charge is 0.256 e. The zero-order valence-electron chi connectivity index (χ0n) is 12.7. The van der Waals surface area contributed by atoms with Crippen molar-refractivity contribution in [3.63, 3.8) is 0 Å². The maximum absolute atomic E-state index is 12.6. The summed E-state index contributed by atoms with van der Waals surface area (Å²) in [5, 5.41) is 4.11. The van der Waals surface area contributed by atoms with Gasteiger partial charge in [0.25, 0.3) is 5.91 Å². The molecule has 0 radical (unpaired) electrons. The van der Waals surface area contributed by atoms with Crippen LogP contribution in [0.3, 0.4) is 0 Å². The number of hydrogen-bond acceptors (Lipinski definition) is 4. The third kappa shape index (κ3) is 3.19. The van der Waals surface area contributed by atoms with E-state index < -0.39 is 6.10 Å². The summed E-state index contributed by atoms with van der Waals surface area (Å²) in [7, 11) is 7.39. The van der Waals surface area contributed by atoms with Gasteiger partial charge >= 0.3 is 0 Å².